The van der Waals surface area contributed by atoms with Crippen LogP contribution in [0, 0.1) is 0 Å². The van der Waals surface area contributed by atoms with Gasteiger partial charge in [0.15, 0.2) is 5.82 Å². The summed E-state index contributed by atoms with van der Waals surface area (Å²) in [5.41, 5.74) is 14.3. The average Bonchev–Trinajstić information content (AvgIpc) is 3.01. The van der Waals surface area contributed by atoms with Gasteiger partial charge in [0, 0.05) is 24.3 Å². The minimum atomic E-state index is 0.344. The fraction of sp³-hybridized carbons (Fsp3) is 0.375. The van der Waals surface area contributed by atoms with Crippen LogP contribution in [0.1, 0.15) is 25.7 Å². The number of rotatable bonds is 3. The van der Waals surface area contributed by atoms with Crippen LogP contribution in [0.5, 0.6) is 0 Å². The lowest BCUT2D eigenvalue weighted by atomic mass is 9.92. The summed E-state index contributed by atoms with van der Waals surface area (Å²) < 4.78 is 0. The summed E-state index contributed by atoms with van der Waals surface area (Å²) in [7, 11) is 0. The van der Waals surface area contributed by atoms with Crippen LogP contribution in [0.3, 0.4) is 0 Å². The summed E-state index contributed by atoms with van der Waals surface area (Å²) in [6, 6.07) is 10.7. The third kappa shape index (κ3) is 2.93. The van der Waals surface area contributed by atoms with Crippen molar-refractivity contribution in [2.75, 3.05) is 15.8 Å². The normalized spacial score (nSPS) is 23.3. The highest BCUT2D eigenvalue weighted by Crippen LogP contribution is 2.33. The Hall–Kier alpha value is -2.38. The molecule has 23 heavy (non-hydrogen) atoms. The number of para-hydroxylation sites is 2. The zero-order valence-corrected chi connectivity index (χ0v) is 12.9. The lowest BCUT2D eigenvalue weighted by molar-refractivity contribution is 0.410. The second-order valence-electron chi connectivity index (χ2n) is 6.08. The number of anilines is 4. The number of benzene rings is 1. The highest BCUT2D eigenvalue weighted by molar-refractivity contribution is 5.78. The van der Waals surface area contributed by atoms with Gasteiger partial charge in [-0.15, -0.1) is 5.53 Å². The van der Waals surface area contributed by atoms with Crippen molar-refractivity contribution in [3.8, 4) is 0 Å². The maximum Gasteiger partial charge on any atom is 0.224 e. The van der Waals surface area contributed by atoms with Crippen LogP contribution in [-0.2, 0) is 0 Å². The average molecular weight is 311 g/mol. The number of hydrogen-bond donors (Lipinski definition) is 4. The van der Waals surface area contributed by atoms with E-state index in [-0.39, 0.29) is 0 Å². The zero-order valence-electron chi connectivity index (χ0n) is 12.9. The van der Waals surface area contributed by atoms with E-state index in [4.69, 9.17) is 5.73 Å². The first-order valence-electron chi connectivity index (χ1n) is 8.05. The van der Waals surface area contributed by atoms with Crippen molar-refractivity contribution in [3.63, 3.8) is 0 Å². The Morgan fingerprint density at radius 1 is 1.13 bits per heavy atom. The summed E-state index contributed by atoms with van der Waals surface area (Å²) in [4.78, 5) is 8.99. The molecule has 1 aromatic heterocycles. The minimum Gasteiger partial charge on any atom is -0.351 e. The molecule has 4 rings (SSSR count). The molecule has 7 heteroatoms. The third-order valence-electron chi connectivity index (χ3n) is 4.42. The lowest BCUT2D eigenvalue weighted by Gasteiger charge is -2.27. The van der Waals surface area contributed by atoms with E-state index in [1.54, 1.807) is 6.20 Å². The minimum absolute atomic E-state index is 0.344. The first kappa shape index (κ1) is 14.2. The van der Waals surface area contributed by atoms with Gasteiger partial charge >= 0.3 is 0 Å². The number of hydrogen-bond acceptors (Lipinski definition) is 7. The van der Waals surface area contributed by atoms with Gasteiger partial charge in [-0.05, 0) is 37.8 Å². The predicted molar refractivity (Wildman–Crippen MR) is 91.2 cm³/mol. The van der Waals surface area contributed by atoms with E-state index < -0.39 is 0 Å². The molecule has 1 aromatic carbocycles. The van der Waals surface area contributed by atoms with Gasteiger partial charge in [-0.25, -0.2) is 9.99 Å². The lowest BCUT2D eigenvalue weighted by Crippen LogP contribution is -2.34. The molecule has 0 saturated heterocycles. The van der Waals surface area contributed by atoms with Crippen LogP contribution in [0.4, 0.5) is 23.1 Å². The van der Waals surface area contributed by atoms with Gasteiger partial charge in [0.2, 0.25) is 5.95 Å². The van der Waals surface area contributed by atoms with E-state index in [0.29, 0.717) is 18.0 Å². The molecule has 1 aliphatic heterocycles. The molecular weight excluding hydrogens is 290 g/mol. The highest BCUT2D eigenvalue weighted by atomic mass is 15.7. The second-order valence-corrected chi connectivity index (χ2v) is 6.08. The van der Waals surface area contributed by atoms with Crippen LogP contribution in [0.25, 0.3) is 0 Å². The van der Waals surface area contributed by atoms with Gasteiger partial charge < -0.3 is 16.5 Å². The number of aromatic nitrogens is 2. The molecule has 1 aliphatic carbocycles. The molecule has 2 heterocycles. The largest absolute Gasteiger partial charge is 0.351 e. The number of nitrogens with zero attached hydrogens (tertiary/aromatic N) is 3. The monoisotopic (exact) mass is 311 g/mol. The fourth-order valence-electron chi connectivity index (χ4n) is 3.12. The summed E-state index contributed by atoms with van der Waals surface area (Å²) in [5, 5.41) is 5.35. The zero-order chi connectivity index (χ0) is 15.6. The topological polar surface area (TPSA) is 91.1 Å². The first-order valence-corrected chi connectivity index (χ1v) is 8.05. The molecule has 2 aromatic rings. The summed E-state index contributed by atoms with van der Waals surface area (Å²) in [6.07, 6.45) is 6.04. The summed E-state index contributed by atoms with van der Waals surface area (Å²) in [6.45, 7) is 0. The first-order chi connectivity index (χ1) is 11.3. The molecule has 1 fully saturated rings. The van der Waals surface area contributed by atoms with Crippen LogP contribution in [-0.4, -0.2) is 22.1 Å². The number of hydrazine groups is 2. The Balaban J connectivity index is 1.51. The maximum atomic E-state index is 5.96. The van der Waals surface area contributed by atoms with Crippen molar-refractivity contribution in [1.29, 1.82) is 0 Å². The molecule has 0 unspecified atom stereocenters. The van der Waals surface area contributed by atoms with E-state index in [9.17, 15) is 0 Å². The van der Waals surface area contributed by atoms with Crippen LogP contribution < -0.4 is 27.0 Å². The van der Waals surface area contributed by atoms with Crippen LogP contribution >= 0.6 is 0 Å². The Bertz CT molecular complexity index is 682. The molecule has 0 radical (unpaired) electrons. The molecule has 0 atom stereocenters. The van der Waals surface area contributed by atoms with Crippen molar-refractivity contribution < 1.29 is 0 Å². The molecule has 5 N–H and O–H groups in total. The van der Waals surface area contributed by atoms with Crippen LogP contribution in [0.15, 0.2) is 36.5 Å². The van der Waals surface area contributed by atoms with Crippen molar-refractivity contribution in [3.05, 3.63) is 36.5 Å². The standard InChI is InChI=1S/C16H21N7/c17-11-5-7-12(8-6-11)19-16-18-10-9-15(20-16)23-14-4-2-1-3-13(14)21-22-23/h1-4,9-12,21-22H,5-8,17H2,(H,18,19,20). The predicted octanol–water partition coefficient (Wildman–Crippen LogP) is 2.14. The van der Waals surface area contributed by atoms with E-state index in [1.807, 2.05) is 35.3 Å². The molecule has 7 nitrogen and oxygen atoms in total. The highest BCUT2D eigenvalue weighted by Gasteiger charge is 2.22. The van der Waals surface area contributed by atoms with Crippen molar-refractivity contribution in [2.45, 2.75) is 37.8 Å². The Kier molecular flexibility index (Phi) is 3.72. The molecule has 0 bridgehead atoms. The quantitative estimate of drug-likeness (QED) is 0.690. The van der Waals surface area contributed by atoms with E-state index in [1.165, 1.54) is 0 Å². The van der Waals surface area contributed by atoms with E-state index in [2.05, 4.69) is 26.2 Å². The van der Waals surface area contributed by atoms with Gasteiger partial charge in [-0.2, -0.15) is 4.98 Å². The maximum absolute atomic E-state index is 5.96. The molecule has 1 saturated carbocycles. The second kappa shape index (κ2) is 6.02. The molecular formula is C16H21N7. The van der Waals surface area contributed by atoms with E-state index in [0.717, 1.165) is 42.9 Å². The smallest absolute Gasteiger partial charge is 0.224 e. The Morgan fingerprint density at radius 3 is 2.83 bits per heavy atom. The summed E-state index contributed by atoms with van der Waals surface area (Å²) >= 11 is 0. The Labute approximate surface area is 135 Å². The third-order valence-corrected chi connectivity index (χ3v) is 4.42. The molecule has 120 valence electrons. The van der Waals surface area contributed by atoms with Crippen molar-refractivity contribution in [2.24, 2.45) is 5.73 Å². The molecule has 2 aliphatic rings. The van der Waals surface area contributed by atoms with Gasteiger partial charge in [-0.3, -0.25) is 0 Å². The van der Waals surface area contributed by atoms with E-state index >= 15 is 0 Å². The Morgan fingerprint density at radius 2 is 1.96 bits per heavy atom. The van der Waals surface area contributed by atoms with Crippen molar-refractivity contribution >= 4 is 23.1 Å². The van der Waals surface area contributed by atoms with Gasteiger partial charge in [0.25, 0.3) is 0 Å². The molecule has 0 amide bonds. The van der Waals surface area contributed by atoms with Gasteiger partial charge in [-0.1, -0.05) is 12.1 Å². The van der Waals surface area contributed by atoms with Gasteiger partial charge in [0.1, 0.15) is 0 Å². The molecule has 0 spiro atoms. The fourth-order valence-corrected chi connectivity index (χ4v) is 3.12. The van der Waals surface area contributed by atoms with Gasteiger partial charge in [0.05, 0.1) is 11.4 Å². The van der Waals surface area contributed by atoms with Crippen molar-refractivity contribution in [1.82, 2.24) is 15.5 Å². The number of nitrogens with one attached hydrogen (secondary N) is 3. The summed E-state index contributed by atoms with van der Waals surface area (Å²) in [5.74, 6) is 1.46. The SMILES string of the molecule is NC1CCC(Nc2nccc(N3NNc4ccccc43)n2)CC1. The number of nitrogens with two attached hydrogens (primary N) is 1. The van der Waals surface area contributed by atoms with Crippen LogP contribution in [0.2, 0.25) is 0 Å². The number of fused-ring (bicyclic) bond motifs is 1.